The molecule has 2 fully saturated rings. The summed E-state index contributed by atoms with van der Waals surface area (Å²) < 4.78 is 0. The van der Waals surface area contributed by atoms with Gasteiger partial charge in [-0.3, -0.25) is 4.79 Å². The summed E-state index contributed by atoms with van der Waals surface area (Å²) >= 11 is 0. The first-order valence-corrected chi connectivity index (χ1v) is 6.39. The highest BCUT2D eigenvalue weighted by atomic mass is 16.2. The quantitative estimate of drug-likeness (QED) is 0.697. The molecule has 4 heteroatoms. The summed E-state index contributed by atoms with van der Waals surface area (Å²) in [4.78, 5) is 16.5. The number of nitrogens with two attached hydrogens (primary N) is 1. The molecular weight excluding hydrogens is 202 g/mol. The molecule has 2 aliphatic rings. The third-order valence-corrected chi connectivity index (χ3v) is 3.74. The zero-order valence-corrected chi connectivity index (χ0v) is 10.2. The van der Waals surface area contributed by atoms with E-state index in [4.69, 9.17) is 5.73 Å². The molecule has 0 aromatic heterocycles. The van der Waals surface area contributed by atoms with E-state index < -0.39 is 0 Å². The van der Waals surface area contributed by atoms with Gasteiger partial charge in [-0.15, -0.1) is 0 Å². The molecule has 2 N–H and O–H groups in total. The molecule has 4 nitrogen and oxygen atoms in total. The van der Waals surface area contributed by atoms with Crippen molar-refractivity contribution in [2.24, 2.45) is 11.7 Å². The van der Waals surface area contributed by atoms with E-state index in [0.29, 0.717) is 5.91 Å². The molecule has 1 amide bonds. The number of nitrogens with zero attached hydrogens (tertiary/aromatic N) is 2. The summed E-state index contributed by atoms with van der Waals surface area (Å²) in [5.74, 6) is 0.547. The summed E-state index contributed by atoms with van der Waals surface area (Å²) in [6, 6.07) is 0.194. The van der Waals surface area contributed by atoms with Crippen molar-refractivity contribution in [1.29, 1.82) is 0 Å². The first-order valence-electron chi connectivity index (χ1n) is 6.39. The van der Waals surface area contributed by atoms with Crippen LogP contribution in [0, 0.1) is 5.92 Å². The van der Waals surface area contributed by atoms with E-state index in [2.05, 4.69) is 11.9 Å². The maximum absolute atomic E-state index is 12.3. The Kier molecular flexibility index (Phi) is 3.82. The van der Waals surface area contributed by atoms with Crippen molar-refractivity contribution in [3.8, 4) is 0 Å². The Morgan fingerprint density at radius 1 is 1.19 bits per heavy atom. The van der Waals surface area contributed by atoms with Gasteiger partial charge in [0.25, 0.3) is 0 Å². The normalized spacial score (nSPS) is 32.8. The van der Waals surface area contributed by atoms with Crippen LogP contribution in [0.3, 0.4) is 0 Å². The molecule has 0 saturated carbocycles. The highest BCUT2D eigenvalue weighted by Gasteiger charge is 2.30. The number of amides is 1. The van der Waals surface area contributed by atoms with Crippen LogP contribution >= 0.6 is 0 Å². The van der Waals surface area contributed by atoms with Crippen LogP contribution in [0.5, 0.6) is 0 Å². The molecule has 2 atom stereocenters. The van der Waals surface area contributed by atoms with Crippen LogP contribution in [-0.4, -0.2) is 55.0 Å². The van der Waals surface area contributed by atoms with Gasteiger partial charge in [0.1, 0.15) is 0 Å². The van der Waals surface area contributed by atoms with Crippen molar-refractivity contribution in [2.45, 2.75) is 31.7 Å². The average molecular weight is 225 g/mol. The third kappa shape index (κ3) is 2.74. The average Bonchev–Trinajstić information content (AvgIpc) is 2.28. The Hall–Kier alpha value is -0.610. The minimum absolute atomic E-state index is 0.194. The largest absolute Gasteiger partial charge is 0.341 e. The minimum atomic E-state index is 0.194. The maximum atomic E-state index is 12.3. The lowest BCUT2D eigenvalue weighted by Crippen LogP contribution is -2.50. The van der Waals surface area contributed by atoms with Crippen LogP contribution in [-0.2, 0) is 4.79 Å². The van der Waals surface area contributed by atoms with Crippen molar-refractivity contribution >= 4 is 5.91 Å². The van der Waals surface area contributed by atoms with Gasteiger partial charge in [-0.2, -0.15) is 0 Å². The van der Waals surface area contributed by atoms with Crippen LogP contribution in [0.1, 0.15) is 25.7 Å². The smallest absolute Gasteiger partial charge is 0.227 e. The zero-order valence-electron chi connectivity index (χ0n) is 10.2. The number of rotatable bonds is 1. The van der Waals surface area contributed by atoms with Crippen molar-refractivity contribution in [3.63, 3.8) is 0 Å². The Labute approximate surface area is 97.8 Å². The van der Waals surface area contributed by atoms with E-state index in [1.165, 1.54) is 0 Å². The fourth-order valence-corrected chi connectivity index (χ4v) is 2.84. The predicted molar refractivity (Wildman–Crippen MR) is 64.0 cm³/mol. The molecule has 2 heterocycles. The fourth-order valence-electron chi connectivity index (χ4n) is 2.84. The fraction of sp³-hybridized carbons (Fsp3) is 0.917. The van der Waals surface area contributed by atoms with Crippen LogP contribution in [0.25, 0.3) is 0 Å². The van der Waals surface area contributed by atoms with E-state index in [1.807, 2.05) is 4.90 Å². The number of piperidine rings is 2. The topological polar surface area (TPSA) is 49.6 Å². The Morgan fingerprint density at radius 3 is 2.62 bits per heavy atom. The van der Waals surface area contributed by atoms with Gasteiger partial charge in [0.05, 0.1) is 5.92 Å². The lowest BCUT2D eigenvalue weighted by molar-refractivity contribution is -0.138. The number of hydrogen-bond donors (Lipinski definition) is 1. The second-order valence-electron chi connectivity index (χ2n) is 5.29. The second-order valence-corrected chi connectivity index (χ2v) is 5.29. The lowest BCUT2D eigenvalue weighted by atomic mass is 9.95. The highest BCUT2D eigenvalue weighted by Crippen LogP contribution is 2.19. The van der Waals surface area contributed by atoms with E-state index in [9.17, 15) is 4.79 Å². The van der Waals surface area contributed by atoms with Gasteiger partial charge < -0.3 is 15.5 Å². The molecule has 16 heavy (non-hydrogen) atoms. The summed E-state index contributed by atoms with van der Waals surface area (Å²) in [6.07, 6.45) is 4.32. The minimum Gasteiger partial charge on any atom is -0.341 e. The standard InChI is InChI=1S/C12H23N3O/c1-14-6-2-4-10(8-14)12(16)15-7-3-5-11(13)9-15/h10-11H,2-9,13H2,1H3/t10-,11-/m0/s1. The molecule has 0 spiro atoms. The van der Waals surface area contributed by atoms with Gasteiger partial charge in [0.15, 0.2) is 0 Å². The molecule has 0 radical (unpaired) electrons. The Morgan fingerprint density at radius 2 is 1.94 bits per heavy atom. The number of carbonyl (C=O) groups excluding carboxylic acids is 1. The molecule has 0 aromatic carbocycles. The molecule has 0 bridgehead atoms. The molecule has 2 aliphatic heterocycles. The number of hydrogen-bond acceptors (Lipinski definition) is 3. The van der Waals surface area contributed by atoms with Gasteiger partial charge in [-0.1, -0.05) is 0 Å². The van der Waals surface area contributed by atoms with E-state index in [-0.39, 0.29) is 12.0 Å². The molecule has 92 valence electrons. The molecule has 2 saturated heterocycles. The molecular formula is C12H23N3O. The highest BCUT2D eigenvalue weighted by molar-refractivity contribution is 5.79. The zero-order chi connectivity index (χ0) is 11.5. The van der Waals surface area contributed by atoms with Gasteiger partial charge in [0, 0.05) is 25.7 Å². The van der Waals surface area contributed by atoms with Crippen LogP contribution in [0.4, 0.5) is 0 Å². The third-order valence-electron chi connectivity index (χ3n) is 3.74. The van der Waals surface area contributed by atoms with Crippen LogP contribution in [0.15, 0.2) is 0 Å². The van der Waals surface area contributed by atoms with Crippen molar-refractivity contribution in [2.75, 3.05) is 33.2 Å². The predicted octanol–water partition coefficient (Wildman–Crippen LogP) is 0.278. The van der Waals surface area contributed by atoms with Gasteiger partial charge in [-0.05, 0) is 39.3 Å². The monoisotopic (exact) mass is 225 g/mol. The maximum Gasteiger partial charge on any atom is 0.227 e. The van der Waals surface area contributed by atoms with Gasteiger partial charge >= 0.3 is 0 Å². The van der Waals surface area contributed by atoms with E-state index in [0.717, 1.165) is 51.9 Å². The first-order chi connectivity index (χ1) is 7.66. The number of carbonyl (C=O) groups is 1. The SMILES string of the molecule is CN1CCC[C@H](C(=O)N2CCC[C@H](N)C2)C1. The van der Waals surface area contributed by atoms with Crippen molar-refractivity contribution in [3.05, 3.63) is 0 Å². The van der Waals surface area contributed by atoms with Crippen LogP contribution in [0.2, 0.25) is 0 Å². The van der Waals surface area contributed by atoms with E-state index >= 15 is 0 Å². The molecule has 0 unspecified atom stereocenters. The number of likely N-dealkylation sites (tertiary alicyclic amines) is 2. The summed E-state index contributed by atoms with van der Waals surface area (Å²) in [6.45, 7) is 3.72. The second kappa shape index (κ2) is 5.15. The Bertz CT molecular complexity index is 233. The summed E-state index contributed by atoms with van der Waals surface area (Å²) in [5, 5.41) is 0. The molecule has 0 aromatic rings. The molecule has 2 rings (SSSR count). The van der Waals surface area contributed by atoms with Crippen LogP contribution < -0.4 is 5.73 Å². The van der Waals surface area contributed by atoms with Gasteiger partial charge in [-0.25, -0.2) is 0 Å². The molecule has 0 aliphatic carbocycles. The lowest BCUT2D eigenvalue weighted by Gasteiger charge is -2.36. The van der Waals surface area contributed by atoms with Crippen molar-refractivity contribution in [1.82, 2.24) is 9.80 Å². The Balaban J connectivity index is 1.90. The first kappa shape index (κ1) is 11.9. The van der Waals surface area contributed by atoms with E-state index in [1.54, 1.807) is 0 Å². The van der Waals surface area contributed by atoms with Gasteiger partial charge in [0.2, 0.25) is 5.91 Å². The summed E-state index contributed by atoms with van der Waals surface area (Å²) in [7, 11) is 2.10. The summed E-state index contributed by atoms with van der Waals surface area (Å²) in [5.41, 5.74) is 5.92. The van der Waals surface area contributed by atoms with Crippen molar-refractivity contribution < 1.29 is 4.79 Å².